The van der Waals surface area contributed by atoms with Gasteiger partial charge in [-0.05, 0) is 35.6 Å². The van der Waals surface area contributed by atoms with E-state index >= 15 is 0 Å². The third-order valence-electron chi connectivity index (χ3n) is 4.38. The van der Waals surface area contributed by atoms with E-state index in [1.165, 1.54) is 11.1 Å². The van der Waals surface area contributed by atoms with Gasteiger partial charge in [-0.15, -0.1) is 34.2 Å². The molecule has 2 aromatic heterocycles. The molecule has 0 saturated carbocycles. The summed E-state index contributed by atoms with van der Waals surface area (Å²) in [6.07, 6.45) is 1.97. The second kappa shape index (κ2) is 9.86. The van der Waals surface area contributed by atoms with Crippen molar-refractivity contribution in [3.8, 4) is 0 Å². The van der Waals surface area contributed by atoms with Crippen molar-refractivity contribution in [1.82, 2.24) is 25.2 Å². The maximum Gasteiger partial charge on any atom is 0.191 e. The fourth-order valence-electron chi connectivity index (χ4n) is 2.80. The van der Waals surface area contributed by atoms with Crippen LogP contribution in [-0.4, -0.2) is 27.1 Å². The Bertz CT molecular complexity index is 909. The van der Waals surface area contributed by atoms with Crippen LogP contribution in [0.15, 0.2) is 53.7 Å². The number of nitrogens with one attached hydrogen (secondary N) is 2. The van der Waals surface area contributed by atoms with Crippen LogP contribution in [0.5, 0.6) is 0 Å². The van der Waals surface area contributed by atoms with Crippen molar-refractivity contribution in [3.05, 3.63) is 65.6 Å². The van der Waals surface area contributed by atoms with Crippen molar-refractivity contribution >= 4 is 35.6 Å². The van der Waals surface area contributed by atoms with Gasteiger partial charge in [0.25, 0.3) is 0 Å². The predicted molar refractivity (Wildman–Crippen MR) is 125 cm³/mol. The minimum atomic E-state index is 0. The van der Waals surface area contributed by atoms with Crippen LogP contribution in [0, 0.1) is 0 Å². The van der Waals surface area contributed by atoms with E-state index in [1.54, 1.807) is 0 Å². The Balaban J connectivity index is 0.00000280. The highest BCUT2D eigenvalue weighted by Crippen LogP contribution is 2.22. The average Bonchev–Trinajstić information content (AvgIpc) is 3.07. The van der Waals surface area contributed by atoms with E-state index in [0.29, 0.717) is 13.1 Å². The monoisotopic (exact) mass is 492 g/mol. The first-order chi connectivity index (χ1) is 13.0. The van der Waals surface area contributed by atoms with Gasteiger partial charge < -0.3 is 10.6 Å². The van der Waals surface area contributed by atoms with Gasteiger partial charge in [0.15, 0.2) is 17.4 Å². The van der Waals surface area contributed by atoms with E-state index in [9.17, 15) is 0 Å². The molecule has 7 heteroatoms. The number of aliphatic imine (C=N–C) groups is 1. The lowest BCUT2D eigenvalue weighted by Crippen LogP contribution is -2.37. The number of halogens is 1. The van der Waals surface area contributed by atoms with E-state index in [4.69, 9.17) is 4.99 Å². The molecule has 150 valence electrons. The number of benzene rings is 1. The van der Waals surface area contributed by atoms with Crippen molar-refractivity contribution in [2.45, 2.75) is 46.2 Å². The van der Waals surface area contributed by atoms with Gasteiger partial charge in [0.2, 0.25) is 0 Å². The van der Waals surface area contributed by atoms with E-state index in [2.05, 4.69) is 72.8 Å². The first-order valence-electron chi connectivity index (χ1n) is 9.37. The molecular weight excluding hydrogens is 463 g/mol. The third kappa shape index (κ3) is 5.67. The number of fused-ring (bicyclic) bond motifs is 1. The minimum absolute atomic E-state index is 0. The lowest BCUT2D eigenvalue weighted by molar-refractivity contribution is 0.590. The van der Waals surface area contributed by atoms with E-state index in [-0.39, 0.29) is 29.4 Å². The summed E-state index contributed by atoms with van der Waals surface area (Å²) in [5.74, 6) is 1.62. The van der Waals surface area contributed by atoms with Crippen LogP contribution in [0.25, 0.3) is 5.65 Å². The lowest BCUT2D eigenvalue weighted by Gasteiger charge is -2.19. The summed E-state index contributed by atoms with van der Waals surface area (Å²) in [6, 6.07) is 14.6. The lowest BCUT2D eigenvalue weighted by atomic mass is 9.87. The zero-order valence-corrected chi connectivity index (χ0v) is 19.3. The summed E-state index contributed by atoms with van der Waals surface area (Å²) in [4.78, 5) is 4.69. The van der Waals surface area contributed by atoms with Crippen LogP contribution in [0.2, 0.25) is 0 Å². The molecule has 0 atom stereocenters. The largest absolute Gasteiger partial charge is 0.357 e. The van der Waals surface area contributed by atoms with Crippen LogP contribution in [0.3, 0.4) is 0 Å². The number of hydrogen-bond donors (Lipinski definition) is 2. The van der Waals surface area contributed by atoms with Gasteiger partial charge in [0.1, 0.15) is 0 Å². The molecule has 0 unspecified atom stereocenters. The Morgan fingerprint density at radius 1 is 1.04 bits per heavy atom. The van der Waals surface area contributed by atoms with Crippen molar-refractivity contribution in [3.63, 3.8) is 0 Å². The summed E-state index contributed by atoms with van der Waals surface area (Å²) < 4.78 is 1.97. The smallest absolute Gasteiger partial charge is 0.191 e. The quantitative estimate of drug-likeness (QED) is 0.322. The van der Waals surface area contributed by atoms with Crippen LogP contribution < -0.4 is 10.6 Å². The molecule has 0 radical (unpaired) electrons. The molecule has 3 aromatic rings. The molecule has 6 nitrogen and oxygen atoms in total. The van der Waals surface area contributed by atoms with Gasteiger partial charge >= 0.3 is 0 Å². The number of aromatic nitrogens is 3. The molecule has 2 heterocycles. The number of nitrogens with zero attached hydrogens (tertiary/aromatic N) is 4. The summed E-state index contributed by atoms with van der Waals surface area (Å²) >= 11 is 0. The molecule has 0 aliphatic carbocycles. The first-order valence-corrected chi connectivity index (χ1v) is 9.37. The highest BCUT2D eigenvalue weighted by atomic mass is 127. The van der Waals surface area contributed by atoms with Crippen molar-refractivity contribution < 1.29 is 0 Å². The topological polar surface area (TPSA) is 66.6 Å². The molecule has 0 aliphatic heterocycles. The Labute approximate surface area is 183 Å². The highest BCUT2D eigenvalue weighted by molar-refractivity contribution is 14.0. The van der Waals surface area contributed by atoms with Gasteiger partial charge in [-0.1, -0.05) is 51.1 Å². The SMILES string of the molecule is CCNC(=NCc1ccc(C(C)(C)C)cc1)NCc1nnc2ccccn12.I. The van der Waals surface area contributed by atoms with Crippen LogP contribution >= 0.6 is 24.0 Å². The van der Waals surface area contributed by atoms with E-state index < -0.39 is 0 Å². The first kappa shape index (κ1) is 22.1. The highest BCUT2D eigenvalue weighted by Gasteiger charge is 2.12. The van der Waals surface area contributed by atoms with Crippen molar-refractivity contribution in [1.29, 1.82) is 0 Å². The van der Waals surface area contributed by atoms with Crippen LogP contribution in [0.4, 0.5) is 0 Å². The number of guanidine groups is 1. The standard InChI is InChI=1S/C21H28N6.HI/c1-5-22-20(23-14-16-9-11-17(12-10-16)21(2,3)4)24-15-19-26-25-18-8-6-7-13-27(18)19;/h6-13H,5,14-15H2,1-4H3,(H2,22,23,24);1H. The summed E-state index contributed by atoms with van der Waals surface area (Å²) in [5.41, 5.74) is 3.53. The molecule has 0 aliphatic rings. The molecule has 0 bridgehead atoms. The van der Waals surface area contributed by atoms with Gasteiger partial charge in [-0.25, -0.2) is 4.99 Å². The normalized spacial score (nSPS) is 11.9. The van der Waals surface area contributed by atoms with Gasteiger partial charge in [0.05, 0.1) is 13.1 Å². The Morgan fingerprint density at radius 2 is 1.79 bits per heavy atom. The maximum atomic E-state index is 4.69. The molecule has 0 saturated heterocycles. The second-order valence-corrected chi connectivity index (χ2v) is 7.54. The molecule has 3 rings (SSSR count). The zero-order valence-electron chi connectivity index (χ0n) is 16.9. The Morgan fingerprint density at radius 3 is 2.46 bits per heavy atom. The van der Waals surface area contributed by atoms with Gasteiger partial charge in [-0.3, -0.25) is 4.40 Å². The predicted octanol–water partition coefficient (Wildman–Crippen LogP) is 3.90. The minimum Gasteiger partial charge on any atom is -0.357 e. The van der Waals surface area contributed by atoms with Crippen LogP contribution in [0.1, 0.15) is 44.6 Å². The van der Waals surface area contributed by atoms with Crippen molar-refractivity contribution in [2.75, 3.05) is 6.54 Å². The fourth-order valence-corrected chi connectivity index (χ4v) is 2.80. The number of hydrogen-bond acceptors (Lipinski definition) is 3. The number of pyridine rings is 1. The zero-order chi connectivity index (χ0) is 19.3. The van der Waals surface area contributed by atoms with E-state index in [1.807, 2.05) is 28.8 Å². The molecule has 2 N–H and O–H groups in total. The molecular formula is C21H29IN6. The van der Waals surface area contributed by atoms with Gasteiger partial charge in [0, 0.05) is 12.7 Å². The molecule has 28 heavy (non-hydrogen) atoms. The fraction of sp³-hybridized carbons (Fsp3) is 0.381. The van der Waals surface area contributed by atoms with Gasteiger partial charge in [-0.2, -0.15) is 0 Å². The summed E-state index contributed by atoms with van der Waals surface area (Å²) in [7, 11) is 0. The Kier molecular flexibility index (Phi) is 7.79. The molecule has 0 spiro atoms. The summed E-state index contributed by atoms with van der Waals surface area (Å²) in [5, 5.41) is 15.0. The molecule has 1 aromatic carbocycles. The summed E-state index contributed by atoms with van der Waals surface area (Å²) in [6.45, 7) is 10.7. The van der Waals surface area contributed by atoms with Crippen molar-refractivity contribution in [2.24, 2.45) is 4.99 Å². The number of rotatable bonds is 5. The van der Waals surface area contributed by atoms with E-state index in [0.717, 1.165) is 24.0 Å². The second-order valence-electron chi connectivity index (χ2n) is 7.54. The Hall–Kier alpha value is -2.16. The molecule has 0 fully saturated rings. The molecule has 0 amide bonds. The van der Waals surface area contributed by atoms with Crippen LogP contribution in [-0.2, 0) is 18.5 Å². The average molecular weight is 492 g/mol. The maximum absolute atomic E-state index is 4.69. The third-order valence-corrected chi connectivity index (χ3v) is 4.38.